The number of fused-ring (bicyclic) bond motifs is 2. The van der Waals surface area contributed by atoms with Gasteiger partial charge in [-0.05, 0) is 66.2 Å². The topological polar surface area (TPSA) is 15.6 Å². The van der Waals surface area contributed by atoms with Crippen molar-refractivity contribution in [1.82, 2.24) is 4.90 Å². The second kappa shape index (κ2) is 8.40. The number of likely N-dealkylation sites (tertiary alicyclic amines) is 1. The monoisotopic (exact) mass is 432 g/mol. The van der Waals surface area contributed by atoms with Crippen LogP contribution >= 0.6 is 11.8 Å². The van der Waals surface area contributed by atoms with E-state index in [-0.39, 0.29) is 22.8 Å². The summed E-state index contributed by atoms with van der Waals surface area (Å²) in [6.07, 6.45) is 2.03. The van der Waals surface area contributed by atoms with E-state index in [1.807, 2.05) is 36.4 Å². The Kier molecular flexibility index (Phi) is 5.47. The zero-order valence-electron chi connectivity index (χ0n) is 17.1. The first-order valence-corrected chi connectivity index (χ1v) is 11.2. The second-order valence-corrected chi connectivity index (χ2v) is 9.27. The van der Waals surface area contributed by atoms with Gasteiger partial charge in [0.25, 0.3) is 0 Å². The van der Waals surface area contributed by atoms with Crippen LogP contribution < -0.4 is 0 Å². The Bertz CT molecular complexity index is 1190. The molecule has 2 heterocycles. The largest absolute Gasteiger partial charge is 0.301 e. The minimum Gasteiger partial charge on any atom is -0.301 e. The first kappa shape index (κ1) is 20.2. The van der Waals surface area contributed by atoms with E-state index in [4.69, 9.17) is 4.99 Å². The molecular weight excluding hydrogens is 410 g/mol. The van der Waals surface area contributed by atoms with Crippen LogP contribution in [0, 0.1) is 17.6 Å². The van der Waals surface area contributed by atoms with E-state index >= 15 is 0 Å². The van der Waals surface area contributed by atoms with Gasteiger partial charge in [0.2, 0.25) is 0 Å². The van der Waals surface area contributed by atoms with Crippen LogP contribution in [0.3, 0.4) is 0 Å². The molecule has 0 saturated carbocycles. The van der Waals surface area contributed by atoms with E-state index in [2.05, 4.69) is 18.0 Å². The van der Waals surface area contributed by atoms with E-state index in [1.54, 1.807) is 36.0 Å². The number of nitrogens with zero attached hydrogens (tertiary/aromatic N) is 2. The van der Waals surface area contributed by atoms with Crippen LogP contribution in [0.4, 0.5) is 14.5 Å². The fraction of sp³-hybridized carbons (Fsp3) is 0.192. The van der Waals surface area contributed by atoms with Gasteiger partial charge in [0, 0.05) is 29.2 Å². The van der Waals surface area contributed by atoms with Crippen molar-refractivity contribution in [2.45, 2.75) is 10.1 Å². The number of para-hydroxylation sites is 1. The molecule has 2 aliphatic heterocycles. The lowest BCUT2D eigenvalue weighted by Crippen LogP contribution is -2.42. The first-order valence-electron chi connectivity index (χ1n) is 10.3. The molecule has 2 atom stereocenters. The average molecular weight is 433 g/mol. The van der Waals surface area contributed by atoms with Gasteiger partial charge in [-0.25, -0.2) is 8.78 Å². The summed E-state index contributed by atoms with van der Waals surface area (Å²) in [6, 6.07) is 21.6. The van der Waals surface area contributed by atoms with Gasteiger partial charge in [-0.2, -0.15) is 0 Å². The Morgan fingerprint density at radius 1 is 0.968 bits per heavy atom. The maximum atomic E-state index is 14.1. The predicted octanol–water partition coefficient (Wildman–Crippen LogP) is 6.53. The summed E-state index contributed by atoms with van der Waals surface area (Å²) in [4.78, 5) is 8.46. The molecule has 1 saturated heterocycles. The summed E-state index contributed by atoms with van der Waals surface area (Å²) in [6.45, 7) is 1.55. The third kappa shape index (κ3) is 4.21. The molecule has 2 nitrogen and oxygen atoms in total. The molecule has 0 N–H and O–H groups in total. The summed E-state index contributed by atoms with van der Waals surface area (Å²) >= 11 is 1.74. The highest BCUT2D eigenvalue weighted by Gasteiger charge is 2.37. The van der Waals surface area contributed by atoms with Crippen molar-refractivity contribution >= 4 is 29.2 Å². The molecule has 0 unspecified atom stereocenters. The number of likely N-dealkylation sites (N-methyl/N-ethyl adjacent to an activating group) is 1. The Hall–Kier alpha value is -2.76. The van der Waals surface area contributed by atoms with Crippen LogP contribution in [0.5, 0.6) is 0 Å². The number of hydrogen-bond acceptors (Lipinski definition) is 3. The lowest BCUT2D eigenvalue weighted by molar-refractivity contribution is 0.315. The minimum absolute atomic E-state index is 0.0248. The number of benzene rings is 3. The number of rotatable bonds is 2. The molecule has 3 aromatic rings. The van der Waals surface area contributed by atoms with Gasteiger partial charge in [0.05, 0.1) is 11.4 Å². The molecule has 5 heteroatoms. The summed E-state index contributed by atoms with van der Waals surface area (Å²) in [7, 11) is 2.08. The molecule has 2 aliphatic rings. The van der Waals surface area contributed by atoms with Gasteiger partial charge < -0.3 is 4.90 Å². The summed E-state index contributed by atoms with van der Waals surface area (Å²) in [5.74, 6) is -0.400. The van der Waals surface area contributed by atoms with Crippen LogP contribution in [0.25, 0.3) is 6.08 Å². The molecule has 0 bridgehead atoms. The van der Waals surface area contributed by atoms with Crippen LogP contribution in [-0.4, -0.2) is 30.7 Å². The molecule has 0 aliphatic carbocycles. The van der Waals surface area contributed by atoms with Crippen molar-refractivity contribution in [2.24, 2.45) is 10.9 Å². The molecule has 31 heavy (non-hydrogen) atoms. The van der Waals surface area contributed by atoms with Crippen molar-refractivity contribution in [3.8, 4) is 0 Å². The van der Waals surface area contributed by atoms with E-state index in [0.29, 0.717) is 0 Å². The zero-order chi connectivity index (χ0) is 21.4. The SMILES string of the molecule is CN1C/C(=C\c2cccc(F)c2)C2=Nc3ccccc3S[C@@H](c3cccc(F)c3)[C@@H]2C1. The molecule has 156 valence electrons. The van der Waals surface area contributed by atoms with Crippen LogP contribution in [0.1, 0.15) is 16.4 Å². The molecule has 3 aromatic carbocycles. The standard InChI is InChI=1S/C26H22F2N2S/c1-30-15-19(12-17-6-4-8-20(27)13-17)25-22(16-30)26(18-7-5-9-21(28)14-18)31-24-11-3-2-10-23(24)29-25/h2-14,22,26H,15-16H2,1H3/b19-12+/t22-,26+/m1/s1. The smallest absolute Gasteiger partial charge is 0.123 e. The summed E-state index contributed by atoms with van der Waals surface area (Å²) in [5, 5.41) is 0.0248. The van der Waals surface area contributed by atoms with Gasteiger partial charge >= 0.3 is 0 Å². The van der Waals surface area contributed by atoms with Crippen LogP contribution in [0.15, 0.2) is 88.3 Å². The van der Waals surface area contributed by atoms with Crippen LogP contribution in [-0.2, 0) is 0 Å². The van der Waals surface area contributed by atoms with Gasteiger partial charge in [-0.1, -0.05) is 36.4 Å². The quantitative estimate of drug-likeness (QED) is 0.458. The molecule has 0 spiro atoms. The first-order chi connectivity index (χ1) is 15.1. The zero-order valence-corrected chi connectivity index (χ0v) is 17.9. The van der Waals surface area contributed by atoms with Gasteiger partial charge in [-0.15, -0.1) is 11.8 Å². The normalized spacial score (nSPS) is 22.4. The van der Waals surface area contributed by atoms with E-state index in [0.717, 1.165) is 46.1 Å². The molecular formula is C26H22F2N2S. The Labute approximate surface area is 185 Å². The third-order valence-electron chi connectivity index (χ3n) is 5.72. The third-order valence-corrected chi connectivity index (χ3v) is 7.17. The van der Waals surface area contributed by atoms with Crippen molar-refractivity contribution < 1.29 is 8.78 Å². The lowest BCUT2D eigenvalue weighted by atomic mass is 9.85. The molecule has 0 aromatic heterocycles. The number of hydrogen-bond donors (Lipinski definition) is 0. The Morgan fingerprint density at radius 2 is 1.74 bits per heavy atom. The summed E-state index contributed by atoms with van der Waals surface area (Å²) < 4.78 is 27.9. The van der Waals surface area contributed by atoms with Crippen molar-refractivity contribution in [2.75, 3.05) is 20.1 Å². The van der Waals surface area contributed by atoms with Crippen molar-refractivity contribution in [3.63, 3.8) is 0 Å². The maximum Gasteiger partial charge on any atom is 0.123 e. The molecule has 0 radical (unpaired) electrons. The maximum absolute atomic E-state index is 14.1. The highest BCUT2D eigenvalue weighted by Crippen LogP contribution is 2.49. The Balaban J connectivity index is 1.67. The fourth-order valence-electron chi connectivity index (χ4n) is 4.39. The lowest BCUT2D eigenvalue weighted by Gasteiger charge is -2.36. The predicted molar refractivity (Wildman–Crippen MR) is 124 cm³/mol. The van der Waals surface area contributed by atoms with Gasteiger partial charge in [-0.3, -0.25) is 4.99 Å². The highest BCUT2D eigenvalue weighted by atomic mass is 32.2. The van der Waals surface area contributed by atoms with Crippen molar-refractivity contribution in [3.05, 3.63) is 101 Å². The Morgan fingerprint density at radius 3 is 2.55 bits per heavy atom. The second-order valence-electron chi connectivity index (χ2n) is 8.09. The van der Waals surface area contributed by atoms with E-state index < -0.39 is 0 Å². The molecule has 5 rings (SSSR count). The molecule has 1 fully saturated rings. The molecule has 0 amide bonds. The minimum atomic E-state index is -0.253. The van der Waals surface area contributed by atoms with Crippen LogP contribution in [0.2, 0.25) is 0 Å². The average Bonchev–Trinajstić information content (AvgIpc) is 2.91. The van der Waals surface area contributed by atoms with Gasteiger partial charge in [0.15, 0.2) is 0 Å². The highest BCUT2D eigenvalue weighted by molar-refractivity contribution is 7.99. The number of halogens is 2. The number of piperidine rings is 1. The van der Waals surface area contributed by atoms with Crippen molar-refractivity contribution in [1.29, 1.82) is 0 Å². The fourth-order valence-corrected chi connectivity index (χ4v) is 5.72. The van der Waals surface area contributed by atoms with Gasteiger partial charge in [0.1, 0.15) is 11.6 Å². The van der Waals surface area contributed by atoms with E-state index in [9.17, 15) is 8.78 Å². The number of thioether (sulfide) groups is 1. The number of aliphatic imine (C=N–C) groups is 1. The summed E-state index contributed by atoms with van der Waals surface area (Å²) in [5.41, 5.74) is 4.79. The van der Waals surface area contributed by atoms with E-state index in [1.165, 1.54) is 12.1 Å².